The molecule has 0 saturated carbocycles. The number of rotatable bonds is 2. The number of halogens is 4. The van der Waals surface area contributed by atoms with E-state index >= 15 is 0 Å². The number of nitrogens with zero attached hydrogens (tertiary/aromatic N) is 2. The van der Waals surface area contributed by atoms with Crippen molar-refractivity contribution in [3.05, 3.63) is 41.2 Å². The second-order valence-corrected chi connectivity index (χ2v) is 5.25. The fraction of sp³-hybridized carbons (Fsp3) is 0.167. The maximum atomic E-state index is 12.2. The lowest BCUT2D eigenvalue weighted by atomic mass is 10.2. The van der Waals surface area contributed by atoms with E-state index in [9.17, 15) is 13.2 Å². The molecule has 7 heteroatoms. The molecule has 2 rings (SSSR count). The molecule has 0 aliphatic rings. The van der Waals surface area contributed by atoms with Crippen LogP contribution in [0.15, 0.2) is 35.2 Å². The number of hydrogen-bond donors (Lipinski definition) is 0. The highest BCUT2D eigenvalue weighted by Gasteiger charge is 2.29. The van der Waals surface area contributed by atoms with Gasteiger partial charge in [-0.3, -0.25) is 0 Å². The van der Waals surface area contributed by atoms with Gasteiger partial charge in [0.05, 0.1) is 0 Å². The standard InChI is InChI=1S/C12H8ClF3N2S/c1-7-6-10(13)18-11(17-7)8-2-4-9(5-3-8)19-12(14,15)16/h2-6H,1H3. The molecule has 0 fully saturated rings. The number of hydrogen-bond acceptors (Lipinski definition) is 3. The molecule has 100 valence electrons. The third-order valence-corrected chi connectivity index (χ3v) is 3.10. The van der Waals surface area contributed by atoms with Crippen LogP contribution in [-0.4, -0.2) is 15.5 Å². The summed E-state index contributed by atoms with van der Waals surface area (Å²) in [5, 5.41) is 0.302. The normalized spacial score (nSPS) is 11.6. The van der Waals surface area contributed by atoms with E-state index in [0.717, 1.165) is 0 Å². The highest BCUT2D eigenvalue weighted by atomic mass is 35.5. The quantitative estimate of drug-likeness (QED) is 0.593. The lowest BCUT2D eigenvalue weighted by molar-refractivity contribution is -0.0328. The van der Waals surface area contributed by atoms with Gasteiger partial charge < -0.3 is 0 Å². The first-order chi connectivity index (χ1) is 8.83. The van der Waals surface area contributed by atoms with Gasteiger partial charge in [0.15, 0.2) is 5.82 Å². The maximum Gasteiger partial charge on any atom is 0.446 e. The van der Waals surface area contributed by atoms with Crippen molar-refractivity contribution in [3.8, 4) is 11.4 Å². The Bertz CT molecular complexity index is 564. The van der Waals surface area contributed by atoms with E-state index in [1.165, 1.54) is 12.1 Å². The van der Waals surface area contributed by atoms with Crippen LogP contribution in [-0.2, 0) is 0 Å². The minimum Gasteiger partial charge on any atom is -0.233 e. The first-order valence-electron chi connectivity index (χ1n) is 5.21. The van der Waals surface area contributed by atoms with Gasteiger partial charge in [-0.2, -0.15) is 13.2 Å². The Labute approximate surface area is 117 Å². The van der Waals surface area contributed by atoms with Gasteiger partial charge in [-0.1, -0.05) is 23.7 Å². The summed E-state index contributed by atoms with van der Waals surface area (Å²) >= 11 is 5.66. The van der Waals surface area contributed by atoms with Crippen molar-refractivity contribution in [3.63, 3.8) is 0 Å². The molecule has 1 heterocycles. The van der Waals surface area contributed by atoms with Gasteiger partial charge in [0.25, 0.3) is 0 Å². The van der Waals surface area contributed by atoms with Crippen LogP contribution in [0.3, 0.4) is 0 Å². The Morgan fingerprint density at radius 2 is 1.74 bits per heavy atom. The van der Waals surface area contributed by atoms with Gasteiger partial charge in [-0.25, -0.2) is 9.97 Å². The molecule has 0 radical (unpaired) electrons. The van der Waals surface area contributed by atoms with Crippen molar-refractivity contribution < 1.29 is 13.2 Å². The van der Waals surface area contributed by atoms with Crippen LogP contribution in [0.5, 0.6) is 0 Å². The summed E-state index contributed by atoms with van der Waals surface area (Å²) in [6, 6.07) is 7.46. The third kappa shape index (κ3) is 4.11. The van der Waals surface area contributed by atoms with E-state index < -0.39 is 5.51 Å². The molecule has 2 nitrogen and oxygen atoms in total. The summed E-state index contributed by atoms with van der Waals surface area (Å²) in [5.74, 6) is 0.397. The lowest BCUT2D eigenvalue weighted by Gasteiger charge is -2.06. The number of thioether (sulfide) groups is 1. The van der Waals surface area contributed by atoms with Crippen LogP contribution in [0.2, 0.25) is 5.15 Å². The van der Waals surface area contributed by atoms with Crippen molar-refractivity contribution in [2.45, 2.75) is 17.3 Å². The Morgan fingerprint density at radius 1 is 1.11 bits per heavy atom. The summed E-state index contributed by atoms with van der Waals surface area (Å²) in [4.78, 5) is 8.34. The third-order valence-electron chi connectivity index (χ3n) is 2.17. The molecule has 1 aromatic carbocycles. The van der Waals surface area contributed by atoms with Crippen molar-refractivity contribution in [2.75, 3.05) is 0 Å². The zero-order chi connectivity index (χ0) is 14.0. The van der Waals surface area contributed by atoms with Crippen molar-refractivity contribution in [1.29, 1.82) is 0 Å². The van der Waals surface area contributed by atoms with E-state index in [2.05, 4.69) is 9.97 Å². The minimum absolute atomic E-state index is 0.120. The van der Waals surface area contributed by atoms with Crippen LogP contribution in [0.4, 0.5) is 13.2 Å². The molecule has 0 atom stereocenters. The smallest absolute Gasteiger partial charge is 0.233 e. The van der Waals surface area contributed by atoms with Gasteiger partial charge in [-0.05, 0) is 36.9 Å². The second kappa shape index (κ2) is 5.38. The van der Waals surface area contributed by atoms with Gasteiger partial charge in [0.1, 0.15) is 5.15 Å². The van der Waals surface area contributed by atoms with Gasteiger partial charge in [0, 0.05) is 16.2 Å². The van der Waals surface area contributed by atoms with Gasteiger partial charge in [-0.15, -0.1) is 0 Å². The Hall–Kier alpha value is -1.27. The molecule has 0 amide bonds. The van der Waals surface area contributed by atoms with Gasteiger partial charge >= 0.3 is 5.51 Å². The zero-order valence-electron chi connectivity index (χ0n) is 9.70. The molecule has 1 aromatic heterocycles. The van der Waals surface area contributed by atoms with Crippen molar-refractivity contribution in [2.24, 2.45) is 0 Å². The summed E-state index contributed by atoms with van der Waals surface area (Å²) in [7, 11) is 0. The SMILES string of the molecule is Cc1cc(Cl)nc(-c2ccc(SC(F)(F)F)cc2)n1. The fourth-order valence-electron chi connectivity index (χ4n) is 1.46. The summed E-state index contributed by atoms with van der Waals surface area (Å²) in [6.07, 6.45) is 0. The first kappa shape index (κ1) is 14.1. The molecule has 19 heavy (non-hydrogen) atoms. The molecule has 2 aromatic rings. The van der Waals surface area contributed by atoms with Crippen molar-refractivity contribution >= 4 is 23.4 Å². The number of benzene rings is 1. The lowest BCUT2D eigenvalue weighted by Crippen LogP contribution is -1.99. The monoisotopic (exact) mass is 304 g/mol. The predicted molar refractivity (Wildman–Crippen MR) is 69.1 cm³/mol. The van der Waals surface area contributed by atoms with E-state index in [0.29, 0.717) is 22.2 Å². The summed E-state index contributed by atoms with van der Waals surface area (Å²) in [6.45, 7) is 1.77. The maximum absolute atomic E-state index is 12.2. The average molecular weight is 305 g/mol. The number of aryl methyl sites for hydroxylation is 1. The van der Waals surface area contributed by atoms with Crippen LogP contribution in [0, 0.1) is 6.92 Å². The fourth-order valence-corrected chi connectivity index (χ4v) is 2.24. The first-order valence-corrected chi connectivity index (χ1v) is 6.40. The Kier molecular flexibility index (Phi) is 4.01. The number of aromatic nitrogens is 2. The molecular formula is C12H8ClF3N2S. The highest BCUT2D eigenvalue weighted by Crippen LogP contribution is 2.37. The molecule has 0 bridgehead atoms. The zero-order valence-corrected chi connectivity index (χ0v) is 11.3. The topological polar surface area (TPSA) is 25.8 Å². The predicted octanol–water partition coefficient (Wildman–Crippen LogP) is 4.72. The number of alkyl halides is 3. The van der Waals surface area contributed by atoms with Crippen molar-refractivity contribution in [1.82, 2.24) is 9.97 Å². The molecule has 0 N–H and O–H groups in total. The minimum atomic E-state index is -4.29. The van der Waals surface area contributed by atoms with Gasteiger partial charge in [0.2, 0.25) is 0 Å². The summed E-state index contributed by atoms with van der Waals surface area (Å²) in [5.41, 5.74) is -2.97. The van der Waals surface area contributed by atoms with Crippen LogP contribution in [0.25, 0.3) is 11.4 Å². The van der Waals surface area contributed by atoms with E-state index in [1.807, 2.05) is 0 Å². The molecule has 0 unspecified atom stereocenters. The van der Waals surface area contributed by atoms with Crippen LogP contribution in [0.1, 0.15) is 5.69 Å². The van der Waals surface area contributed by atoms with Crippen LogP contribution >= 0.6 is 23.4 Å². The van der Waals surface area contributed by atoms with E-state index in [4.69, 9.17) is 11.6 Å². The molecule has 0 aliphatic carbocycles. The molecule has 0 saturated heterocycles. The largest absolute Gasteiger partial charge is 0.446 e. The highest BCUT2D eigenvalue weighted by molar-refractivity contribution is 8.00. The Balaban J connectivity index is 2.27. The molecular weight excluding hydrogens is 297 g/mol. The van der Waals surface area contributed by atoms with E-state index in [1.54, 1.807) is 25.1 Å². The van der Waals surface area contributed by atoms with Crippen LogP contribution < -0.4 is 0 Å². The van der Waals surface area contributed by atoms with E-state index in [-0.39, 0.29) is 16.7 Å². The molecule has 0 spiro atoms. The summed E-state index contributed by atoms with van der Waals surface area (Å²) < 4.78 is 36.6. The molecule has 0 aliphatic heterocycles. The Morgan fingerprint density at radius 3 is 2.26 bits per heavy atom. The second-order valence-electron chi connectivity index (χ2n) is 3.73. The average Bonchev–Trinajstić information content (AvgIpc) is 2.26.